The van der Waals surface area contributed by atoms with Crippen molar-refractivity contribution < 1.29 is 0 Å². The molecule has 0 aliphatic carbocycles. The van der Waals surface area contributed by atoms with E-state index < -0.39 is 0 Å². The molecule has 3 aromatic heterocycles. The first-order valence-corrected chi connectivity index (χ1v) is 36.9. The number of aromatic nitrogens is 3. The highest BCUT2D eigenvalue weighted by Crippen LogP contribution is 2.51. The van der Waals surface area contributed by atoms with E-state index in [-0.39, 0.29) is 12.1 Å². The second kappa shape index (κ2) is 24.1. The smallest absolute Gasteiger partial charge is 0.252 e. The van der Waals surface area contributed by atoms with E-state index in [1.165, 1.54) is 70.9 Å². The van der Waals surface area contributed by atoms with E-state index in [4.69, 9.17) is 0 Å². The van der Waals surface area contributed by atoms with Crippen LogP contribution in [0.2, 0.25) is 0 Å². The van der Waals surface area contributed by atoms with Crippen molar-refractivity contribution in [2.45, 2.75) is 26.2 Å². The molecule has 0 radical (unpaired) electrons. The molecule has 106 heavy (non-hydrogen) atoms. The van der Waals surface area contributed by atoms with Crippen LogP contribution in [0.1, 0.15) is 26.3 Å². The standard InChI is InChI=1S/C100H70BN5/c1-100(2,3)75-36-26-35-69(55-75)70-47-50-87-95(60-70)105(78-56-71(65-27-8-4-9-28-65)53-72(57-78)66-29-10-5-11-30-66)97-63-80(104-91-44-23-18-39-83(91)84-40-19-24-45-92(84)104)64-98-99(97)101(87)88-51-48-77(62-96(88)106(98)79-58-73(67-31-12-6-13-32-67)54-74(59-79)68-33-14-7-15-34-68)103-93-46-25-20-41-85(93)86-61-76(49-52-94(86)103)102-89-42-21-16-37-81(89)82-38-17-22-43-90(82)102/h4-64H,1-3H3. The van der Waals surface area contributed by atoms with E-state index in [1.54, 1.807) is 0 Å². The average molecular weight is 1350 g/mol. The zero-order chi connectivity index (χ0) is 70.3. The first-order valence-electron chi connectivity index (χ1n) is 36.9. The van der Waals surface area contributed by atoms with Crippen molar-refractivity contribution in [3.63, 3.8) is 0 Å². The Kier molecular flexibility index (Phi) is 13.9. The zero-order valence-electron chi connectivity index (χ0n) is 59.0. The summed E-state index contributed by atoms with van der Waals surface area (Å²) in [6.07, 6.45) is 0. The highest BCUT2D eigenvalue weighted by Gasteiger charge is 2.45. The summed E-state index contributed by atoms with van der Waals surface area (Å²) in [5, 5.41) is 7.29. The molecule has 0 unspecified atom stereocenters. The Morgan fingerprint density at radius 1 is 0.208 bits per heavy atom. The van der Waals surface area contributed by atoms with Gasteiger partial charge < -0.3 is 23.5 Å². The number of benzene rings is 16. The maximum atomic E-state index is 2.64. The van der Waals surface area contributed by atoms with E-state index in [9.17, 15) is 0 Å². The second-order valence-corrected chi connectivity index (χ2v) is 29.6. The lowest BCUT2D eigenvalue weighted by Gasteiger charge is -2.45. The lowest BCUT2D eigenvalue weighted by molar-refractivity contribution is 0.590. The van der Waals surface area contributed by atoms with Gasteiger partial charge in [0.05, 0.1) is 38.8 Å². The number of hydrogen-bond acceptors (Lipinski definition) is 2. The second-order valence-electron chi connectivity index (χ2n) is 29.6. The third-order valence-corrected chi connectivity index (χ3v) is 22.5. The van der Waals surface area contributed by atoms with Crippen molar-refractivity contribution in [1.29, 1.82) is 0 Å². The van der Waals surface area contributed by atoms with Crippen LogP contribution in [0.15, 0.2) is 370 Å². The summed E-state index contributed by atoms with van der Waals surface area (Å²) in [6, 6.07) is 139. The Hall–Kier alpha value is -13.4. The predicted molar refractivity (Wildman–Crippen MR) is 449 cm³/mol. The van der Waals surface area contributed by atoms with Gasteiger partial charge in [0.2, 0.25) is 0 Å². The highest BCUT2D eigenvalue weighted by atomic mass is 15.2. The van der Waals surface area contributed by atoms with Gasteiger partial charge in [0, 0.05) is 77.8 Å². The summed E-state index contributed by atoms with van der Waals surface area (Å²) < 4.78 is 7.49. The number of nitrogens with zero attached hydrogens (tertiary/aromatic N) is 5. The monoisotopic (exact) mass is 1350 g/mol. The minimum Gasteiger partial charge on any atom is -0.311 e. The van der Waals surface area contributed by atoms with Crippen LogP contribution in [0.5, 0.6) is 0 Å². The van der Waals surface area contributed by atoms with Crippen LogP contribution in [-0.2, 0) is 5.41 Å². The van der Waals surface area contributed by atoms with Gasteiger partial charge in [0.1, 0.15) is 0 Å². The van der Waals surface area contributed by atoms with Gasteiger partial charge in [-0.25, -0.2) is 0 Å². The molecule has 5 heterocycles. The van der Waals surface area contributed by atoms with E-state index in [0.29, 0.717) is 0 Å². The molecule has 0 atom stereocenters. The Bertz CT molecular complexity index is 6530. The van der Waals surface area contributed by atoms with E-state index >= 15 is 0 Å². The topological polar surface area (TPSA) is 21.3 Å². The molecular formula is C100H70BN5. The van der Waals surface area contributed by atoms with Gasteiger partial charge in [0.15, 0.2) is 0 Å². The number of para-hydroxylation sites is 5. The molecule has 0 N–H and O–H groups in total. The molecule has 21 rings (SSSR count). The quantitative estimate of drug-likeness (QED) is 0.127. The van der Waals surface area contributed by atoms with Gasteiger partial charge in [-0.2, -0.15) is 0 Å². The fourth-order valence-corrected chi connectivity index (χ4v) is 17.6. The lowest BCUT2D eigenvalue weighted by Crippen LogP contribution is -2.61. The van der Waals surface area contributed by atoms with Crippen LogP contribution in [0, 0.1) is 0 Å². The van der Waals surface area contributed by atoms with Gasteiger partial charge in [-0.1, -0.05) is 276 Å². The molecule has 16 aromatic carbocycles. The fourth-order valence-electron chi connectivity index (χ4n) is 17.6. The first-order chi connectivity index (χ1) is 52.2. The Morgan fingerprint density at radius 3 is 0.972 bits per heavy atom. The van der Waals surface area contributed by atoms with Crippen LogP contribution < -0.4 is 26.2 Å². The summed E-state index contributed by atoms with van der Waals surface area (Å²) in [7, 11) is 0. The maximum Gasteiger partial charge on any atom is 0.252 e. The predicted octanol–water partition coefficient (Wildman–Crippen LogP) is 24.7. The van der Waals surface area contributed by atoms with E-state index in [2.05, 4.69) is 414 Å². The molecule has 0 amide bonds. The molecule has 0 saturated heterocycles. The molecule has 0 fully saturated rings. The van der Waals surface area contributed by atoms with Crippen LogP contribution in [0.3, 0.4) is 0 Å². The van der Waals surface area contributed by atoms with Gasteiger partial charge in [-0.3, -0.25) is 0 Å². The van der Waals surface area contributed by atoms with Crippen molar-refractivity contribution in [2.75, 3.05) is 9.80 Å². The van der Waals surface area contributed by atoms with Crippen LogP contribution in [-0.4, -0.2) is 20.4 Å². The Labute approximate surface area is 616 Å². The summed E-state index contributed by atoms with van der Waals surface area (Å²) in [4.78, 5) is 5.28. The molecule has 2 aliphatic rings. The Balaban J connectivity index is 0.891. The lowest BCUT2D eigenvalue weighted by atomic mass is 9.33. The molecule has 0 bridgehead atoms. The molecule has 0 spiro atoms. The summed E-state index contributed by atoms with van der Waals surface area (Å²) in [5.74, 6) is 0. The van der Waals surface area contributed by atoms with Crippen LogP contribution in [0.4, 0.5) is 34.1 Å². The summed E-state index contributed by atoms with van der Waals surface area (Å²) in [5.41, 5.74) is 33.2. The van der Waals surface area contributed by atoms with Crippen molar-refractivity contribution >= 4 is 123 Å². The van der Waals surface area contributed by atoms with Gasteiger partial charge in [-0.15, -0.1) is 0 Å². The number of hydrogen-bond donors (Lipinski definition) is 0. The minimum absolute atomic E-state index is 0.0604. The first kappa shape index (κ1) is 61.3. The third kappa shape index (κ3) is 9.78. The zero-order valence-corrected chi connectivity index (χ0v) is 59.0. The van der Waals surface area contributed by atoms with Crippen molar-refractivity contribution in [2.24, 2.45) is 0 Å². The van der Waals surface area contributed by atoms with E-state index in [0.717, 1.165) is 123 Å². The van der Waals surface area contributed by atoms with Crippen molar-refractivity contribution in [3.05, 3.63) is 376 Å². The molecule has 0 saturated carbocycles. The highest BCUT2D eigenvalue weighted by molar-refractivity contribution is 7.00. The molecule has 2 aliphatic heterocycles. The molecule has 5 nitrogen and oxygen atoms in total. The van der Waals surface area contributed by atoms with Crippen LogP contribution in [0.25, 0.3) is 138 Å². The van der Waals surface area contributed by atoms with Crippen molar-refractivity contribution in [1.82, 2.24) is 13.7 Å². The molecule has 19 aromatic rings. The number of fused-ring (bicyclic) bond motifs is 13. The molecule has 498 valence electrons. The normalized spacial score (nSPS) is 12.6. The van der Waals surface area contributed by atoms with E-state index in [1.807, 2.05) is 0 Å². The fraction of sp³-hybridized carbons (Fsp3) is 0.0400. The van der Waals surface area contributed by atoms with Gasteiger partial charge in [0.25, 0.3) is 6.71 Å². The molecule has 6 heteroatoms. The Morgan fingerprint density at radius 2 is 0.538 bits per heavy atom. The number of anilines is 6. The van der Waals surface area contributed by atoms with Gasteiger partial charge >= 0.3 is 0 Å². The largest absolute Gasteiger partial charge is 0.311 e. The van der Waals surface area contributed by atoms with Crippen LogP contribution >= 0.6 is 0 Å². The number of rotatable bonds is 10. The third-order valence-electron chi connectivity index (χ3n) is 22.5. The van der Waals surface area contributed by atoms with Gasteiger partial charge in [-0.05, 0) is 198 Å². The molecular weight excluding hydrogens is 1280 g/mol. The minimum atomic E-state index is -0.234. The van der Waals surface area contributed by atoms with Crippen molar-refractivity contribution in [3.8, 4) is 72.7 Å². The maximum absolute atomic E-state index is 2.64. The SMILES string of the molecule is CC(C)(C)c1cccc(-c2ccc3c(c2)N(c2cc(-c4ccccc4)cc(-c4ccccc4)c2)c2cc(-n4c5ccccc5c5ccccc54)cc4c2B3c2ccc(-n3c5ccccc5c5cc(-n6c7ccccc7c7ccccc76)ccc53)cc2N4c2cc(-c3ccccc3)cc(-c3ccccc3)c2)c1. The summed E-state index contributed by atoms with van der Waals surface area (Å²) in [6.45, 7) is 6.71. The summed E-state index contributed by atoms with van der Waals surface area (Å²) >= 11 is 0. The average Bonchev–Trinajstić information content (AvgIpc) is 0.731.